The number of methoxy groups -OCH3 is 1. The van der Waals surface area contributed by atoms with Gasteiger partial charge >= 0.3 is 5.97 Å². The number of benzene rings is 3. The molecule has 0 radical (unpaired) electrons. The van der Waals surface area contributed by atoms with E-state index in [9.17, 15) is 9.18 Å². The van der Waals surface area contributed by atoms with Crippen LogP contribution in [0.25, 0.3) is 16.7 Å². The van der Waals surface area contributed by atoms with Crippen molar-refractivity contribution in [1.29, 1.82) is 0 Å². The van der Waals surface area contributed by atoms with Crippen LogP contribution in [0.3, 0.4) is 0 Å². The van der Waals surface area contributed by atoms with Gasteiger partial charge < -0.3 is 20.1 Å². The summed E-state index contributed by atoms with van der Waals surface area (Å²) in [6.07, 6.45) is 3.83. The molecule has 2 N–H and O–H groups in total. The molecule has 1 aliphatic rings. The number of rotatable bonds is 7. The molecule has 1 aliphatic heterocycles. The van der Waals surface area contributed by atoms with E-state index < -0.39 is 5.97 Å². The Hall–Kier alpha value is -4.65. The van der Waals surface area contributed by atoms with Gasteiger partial charge in [0.05, 0.1) is 23.9 Å². The monoisotopic (exact) mass is 537 g/mol. The van der Waals surface area contributed by atoms with E-state index in [1.807, 2.05) is 19.1 Å². The summed E-state index contributed by atoms with van der Waals surface area (Å²) in [7, 11) is 1.59. The van der Waals surface area contributed by atoms with Crippen LogP contribution in [0.1, 0.15) is 41.0 Å². The lowest BCUT2D eigenvalue weighted by Gasteiger charge is -2.33. The van der Waals surface area contributed by atoms with Gasteiger partial charge in [-0.2, -0.15) is 0 Å². The normalized spacial score (nSPS) is 13.5. The maximum atomic E-state index is 13.9. The Bertz CT molecular complexity index is 1630. The van der Waals surface area contributed by atoms with Crippen LogP contribution in [-0.2, 0) is 0 Å². The van der Waals surface area contributed by atoms with E-state index in [-0.39, 0.29) is 11.4 Å². The zero-order chi connectivity index (χ0) is 28.4. The molecule has 2 heterocycles. The Morgan fingerprint density at radius 3 is 2.62 bits per heavy atom. The molecule has 4 aromatic rings. The number of esters is 1. The van der Waals surface area contributed by atoms with E-state index in [0.29, 0.717) is 29.3 Å². The van der Waals surface area contributed by atoms with Crippen LogP contribution in [0.15, 0.2) is 79.0 Å². The lowest BCUT2D eigenvalue weighted by molar-refractivity contribution is 0.0733. The lowest BCUT2D eigenvalue weighted by atomic mass is 9.88. The van der Waals surface area contributed by atoms with Gasteiger partial charge in [-0.1, -0.05) is 18.2 Å². The maximum Gasteiger partial charge on any atom is 0.345 e. The predicted molar refractivity (Wildman–Crippen MR) is 158 cm³/mol. The molecule has 40 heavy (non-hydrogen) atoms. The van der Waals surface area contributed by atoms with E-state index in [1.165, 1.54) is 12.1 Å². The molecule has 0 saturated heterocycles. The third-order valence-electron chi connectivity index (χ3n) is 6.95. The molecule has 3 aromatic carbocycles. The van der Waals surface area contributed by atoms with Crippen LogP contribution >= 0.6 is 0 Å². The number of aryl methyl sites for hydroxylation is 2. The first-order valence-corrected chi connectivity index (χ1v) is 13.1. The number of nitrogens with zero attached hydrogens (tertiary/aromatic N) is 1. The first-order valence-electron chi connectivity index (χ1n) is 13.1. The van der Waals surface area contributed by atoms with Crippen molar-refractivity contribution in [2.75, 3.05) is 24.3 Å². The molecular formula is C33H32FN3O3. The maximum absolute atomic E-state index is 13.9. The average molecular weight is 538 g/mol. The highest BCUT2D eigenvalue weighted by Gasteiger charge is 2.25. The second kappa shape index (κ2) is 10.8. The summed E-state index contributed by atoms with van der Waals surface area (Å²) in [6, 6.07) is 19.7. The van der Waals surface area contributed by atoms with Gasteiger partial charge in [0.2, 0.25) is 0 Å². The Morgan fingerprint density at radius 2 is 1.85 bits per heavy atom. The molecule has 0 fully saturated rings. The molecule has 0 bridgehead atoms. The fourth-order valence-corrected chi connectivity index (χ4v) is 4.94. The van der Waals surface area contributed by atoms with Crippen LogP contribution in [-0.4, -0.2) is 30.1 Å². The zero-order valence-electron chi connectivity index (χ0n) is 23.3. The number of anilines is 2. The summed E-state index contributed by atoms with van der Waals surface area (Å²) in [6.45, 7) is 8.50. The third-order valence-corrected chi connectivity index (χ3v) is 6.95. The van der Waals surface area contributed by atoms with E-state index in [0.717, 1.165) is 39.2 Å². The topological polar surface area (TPSA) is 72.5 Å². The molecule has 0 unspecified atom stereocenters. The largest absolute Gasteiger partial charge is 0.496 e. The van der Waals surface area contributed by atoms with E-state index >= 15 is 0 Å². The van der Waals surface area contributed by atoms with Crippen molar-refractivity contribution >= 4 is 22.9 Å². The molecule has 0 saturated carbocycles. The number of fused-ring (bicyclic) bond motifs is 1. The number of hydrogen-bond acceptors (Lipinski definition) is 6. The first-order chi connectivity index (χ1) is 19.1. The minimum absolute atomic E-state index is 0.252. The molecule has 7 heteroatoms. The van der Waals surface area contributed by atoms with Gasteiger partial charge in [-0.15, -0.1) is 0 Å². The molecule has 1 aromatic heterocycles. The minimum Gasteiger partial charge on any atom is -0.496 e. The number of hydrogen-bond donors (Lipinski definition) is 2. The molecular weight excluding hydrogens is 505 g/mol. The van der Waals surface area contributed by atoms with Crippen molar-refractivity contribution in [1.82, 2.24) is 4.98 Å². The molecule has 5 rings (SSSR count). The number of ether oxygens (including phenoxy) is 2. The summed E-state index contributed by atoms with van der Waals surface area (Å²) >= 11 is 0. The Kier molecular flexibility index (Phi) is 7.30. The number of nitrogens with one attached hydrogen (secondary N) is 2. The predicted octanol–water partition coefficient (Wildman–Crippen LogP) is 7.43. The van der Waals surface area contributed by atoms with E-state index in [2.05, 4.69) is 47.7 Å². The number of aromatic nitrogens is 1. The molecule has 0 atom stereocenters. The van der Waals surface area contributed by atoms with Crippen LogP contribution in [0.4, 0.5) is 15.8 Å². The zero-order valence-corrected chi connectivity index (χ0v) is 23.3. The Morgan fingerprint density at radius 1 is 1.02 bits per heavy atom. The van der Waals surface area contributed by atoms with Crippen LogP contribution < -0.4 is 20.1 Å². The van der Waals surface area contributed by atoms with Crippen molar-refractivity contribution < 1.29 is 18.7 Å². The minimum atomic E-state index is -0.473. The summed E-state index contributed by atoms with van der Waals surface area (Å²) in [5.41, 5.74) is 7.48. The molecule has 0 spiro atoms. The summed E-state index contributed by atoms with van der Waals surface area (Å²) in [5.74, 6) is 0.215. The van der Waals surface area contributed by atoms with E-state index in [1.54, 1.807) is 50.6 Å². The smallest absolute Gasteiger partial charge is 0.345 e. The van der Waals surface area contributed by atoms with Crippen LogP contribution in [0.5, 0.6) is 11.5 Å². The van der Waals surface area contributed by atoms with Crippen molar-refractivity contribution in [3.63, 3.8) is 0 Å². The second-order valence-electron chi connectivity index (χ2n) is 10.5. The molecule has 0 aliphatic carbocycles. The van der Waals surface area contributed by atoms with E-state index in [4.69, 9.17) is 9.47 Å². The van der Waals surface area contributed by atoms with Gasteiger partial charge in [0, 0.05) is 41.3 Å². The van der Waals surface area contributed by atoms with Gasteiger partial charge in [0.25, 0.3) is 0 Å². The van der Waals surface area contributed by atoms with Gasteiger partial charge in [0.1, 0.15) is 17.3 Å². The summed E-state index contributed by atoms with van der Waals surface area (Å²) in [4.78, 5) is 16.9. The lowest BCUT2D eigenvalue weighted by Crippen LogP contribution is -2.32. The highest BCUT2D eigenvalue weighted by Crippen LogP contribution is 2.40. The van der Waals surface area contributed by atoms with Crippen LogP contribution in [0, 0.1) is 19.7 Å². The highest BCUT2D eigenvalue weighted by atomic mass is 19.1. The first kappa shape index (κ1) is 26.9. The van der Waals surface area contributed by atoms with Crippen molar-refractivity contribution in [3.05, 3.63) is 107 Å². The summed E-state index contributed by atoms with van der Waals surface area (Å²) in [5, 5.41) is 7.00. The number of pyridine rings is 1. The highest BCUT2D eigenvalue weighted by molar-refractivity contribution is 5.92. The van der Waals surface area contributed by atoms with Crippen molar-refractivity contribution in [2.45, 2.75) is 33.2 Å². The fourth-order valence-electron chi connectivity index (χ4n) is 4.94. The third kappa shape index (κ3) is 5.69. The quantitative estimate of drug-likeness (QED) is 0.189. The Labute approximate surface area is 233 Å². The van der Waals surface area contributed by atoms with Gasteiger partial charge in [0.15, 0.2) is 0 Å². The summed E-state index contributed by atoms with van der Waals surface area (Å²) < 4.78 is 25.2. The SMILES string of the molecule is COc1cc(OC(=O)c2cccnc2C)ccc1-c1ccc2c(c1)C(CNc1cc(F)ccc1C)=CC(C)(C)N2. The van der Waals surface area contributed by atoms with Gasteiger partial charge in [-0.25, -0.2) is 9.18 Å². The van der Waals surface area contributed by atoms with Crippen molar-refractivity contribution in [2.24, 2.45) is 0 Å². The molecule has 0 amide bonds. The van der Waals surface area contributed by atoms with Gasteiger partial charge in [-0.3, -0.25) is 4.98 Å². The Balaban J connectivity index is 1.44. The average Bonchev–Trinajstić information content (AvgIpc) is 2.92. The van der Waals surface area contributed by atoms with Gasteiger partial charge in [-0.05, 0) is 92.9 Å². The second-order valence-corrected chi connectivity index (χ2v) is 10.5. The van der Waals surface area contributed by atoms with Crippen molar-refractivity contribution in [3.8, 4) is 22.6 Å². The number of halogens is 1. The molecule has 6 nitrogen and oxygen atoms in total. The fraction of sp³-hybridized carbons (Fsp3) is 0.212. The standard InChI is InChI=1S/C33H32FN3O3/c1-20-8-10-24(34)16-30(20)36-19-23-18-33(3,4)37-29-13-9-22(15-28(23)29)27-12-11-25(17-31(27)39-5)40-32(38)26-7-6-14-35-21(26)2/h6-18,36-37H,19H2,1-5H3. The number of carbonyl (C=O) groups excluding carboxylic acids is 1. The molecule has 204 valence electrons. The van der Waals surface area contributed by atoms with Crippen LogP contribution in [0.2, 0.25) is 0 Å². The number of carbonyl (C=O) groups is 1.